The van der Waals surface area contributed by atoms with Crippen LogP contribution in [0.5, 0.6) is 0 Å². The van der Waals surface area contributed by atoms with Gasteiger partial charge >= 0.3 is 11.9 Å². The zero-order valence-electron chi connectivity index (χ0n) is 11.7. The van der Waals surface area contributed by atoms with E-state index in [9.17, 15) is 14.7 Å². The van der Waals surface area contributed by atoms with Crippen LogP contribution in [0, 0.1) is 11.8 Å². The van der Waals surface area contributed by atoms with Crippen molar-refractivity contribution in [3.63, 3.8) is 0 Å². The zero-order valence-corrected chi connectivity index (χ0v) is 11.7. The van der Waals surface area contributed by atoms with Crippen LogP contribution in [0.2, 0.25) is 0 Å². The fourth-order valence-electron chi connectivity index (χ4n) is 1.79. The number of carbonyl (C=O) groups excluding carboxylic acids is 1. The van der Waals surface area contributed by atoms with Gasteiger partial charge in [0.15, 0.2) is 0 Å². The summed E-state index contributed by atoms with van der Waals surface area (Å²) in [7, 11) is 0. The van der Waals surface area contributed by atoms with Gasteiger partial charge in [0.2, 0.25) is 0 Å². The maximum atomic E-state index is 12.0. The van der Waals surface area contributed by atoms with Gasteiger partial charge in [0.25, 0.3) is 0 Å². The van der Waals surface area contributed by atoms with Crippen molar-refractivity contribution in [2.45, 2.75) is 52.6 Å². The minimum Gasteiger partial charge on any atom is -0.481 e. The van der Waals surface area contributed by atoms with Crippen LogP contribution in [-0.2, 0) is 14.3 Å². The van der Waals surface area contributed by atoms with Gasteiger partial charge in [-0.1, -0.05) is 19.4 Å². The largest absolute Gasteiger partial charge is 0.481 e. The SMILES string of the molecule is C=CC[C@@H](C(=O)O)[C@H](CCC)C(=O)OC(C)(C)C. The maximum Gasteiger partial charge on any atom is 0.310 e. The highest BCUT2D eigenvalue weighted by molar-refractivity contribution is 5.81. The van der Waals surface area contributed by atoms with E-state index in [1.165, 1.54) is 6.08 Å². The van der Waals surface area contributed by atoms with Crippen LogP contribution in [0.15, 0.2) is 12.7 Å². The molecule has 0 rings (SSSR count). The Hall–Kier alpha value is -1.32. The topological polar surface area (TPSA) is 63.6 Å². The van der Waals surface area contributed by atoms with E-state index < -0.39 is 29.4 Å². The van der Waals surface area contributed by atoms with Crippen LogP contribution in [-0.4, -0.2) is 22.6 Å². The third-order valence-electron chi connectivity index (χ3n) is 2.53. The summed E-state index contributed by atoms with van der Waals surface area (Å²) < 4.78 is 5.29. The number of carboxylic acids is 1. The number of carboxylic acid groups (broad SMARTS) is 1. The summed E-state index contributed by atoms with van der Waals surface area (Å²) in [6.07, 6.45) is 3.07. The number of aliphatic carboxylic acids is 1. The van der Waals surface area contributed by atoms with Crippen LogP contribution >= 0.6 is 0 Å². The molecule has 2 atom stereocenters. The van der Waals surface area contributed by atoms with E-state index in [1.807, 2.05) is 6.92 Å². The van der Waals surface area contributed by atoms with E-state index >= 15 is 0 Å². The Kier molecular flexibility index (Phi) is 6.66. The molecule has 0 bridgehead atoms. The first kappa shape index (κ1) is 16.7. The zero-order chi connectivity index (χ0) is 14.3. The van der Waals surface area contributed by atoms with Gasteiger partial charge in [-0.2, -0.15) is 0 Å². The smallest absolute Gasteiger partial charge is 0.310 e. The fraction of sp³-hybridized carbons (Fsp3) is 0.714. The molecule has 18 heavy (non-hydrogen) atoms. The molecule has 0 unspecified atom stereocenters. The normalized spacial score (nSPS) is 14.7. The van der Waals surface area contributed by atoms with Crippen molar-refractivity contribution in [2.24, 2.45) is 11.8 Å². The molecule has 0 aromatic carbocycles. The third-order valence-corrected chi connectivity index (χ3v) is 2.53. The third kappa shape index (κ3) is 5.84. The van der Waals surface area contributed by atoms with Crippen LogP contribution in [0.25, 0.3) is 0 Å². The van der Waals surface area contributed by atoms with Crippen molar-refractivity contribution >= 4 is 11.9 Å². The quantitative estimate of drug-likeness (QED) is 0.561. The highest BCUT2D eigenvalue weighted by Crippen LogP contribution is 2.25. The number of hydrogen-bond donors (Lipinski definition) is 1. The minimum atomic E-state index is -0.973. The standard InChI is InChI=1S/C14H24O4/c1-6-8-10(12(15)16)11(9-7-2)13(17)18-14(3,4)5/h6,10-11H,1,7-9H2,2-5H3,(H,15,16)/t10-,11+/m1/s1. The molecule has 0 saturated heterocycles. The van der Waals surface area contributed by atoms with Crippen molar-refractivity contribution < 1.29 is 19.4 Å². The predicted molar refractivity (Wildman–Crippen MR) is 70.2 cm³/mol. The van der Waals surface area contributed by atoms with Crippen LogP contribution in [0.3, 0.4) is 0 Å². The molecule has 0 aliphatic carbocycles. The minimum absolute atomic E-state index is 0.277. The highest BCUT2D eigenvalue weighted by atomic mass is 16.6. The fourth-order valence-corrected chi connectivity index (χ4v) is 1.79. The lowest BCUT2D eigenvalue weighted by Crippen LogP contribution is -2.35. The second-order valence-corrected chi connectivity index (χ2v) is 5.40. The summed E-state index contributed by atoms with van der Waals surface area (Å²) in [5.41, 5.74) is -0.597. The van der Waals surface area contributed by atoms with E-state index in [4.69, 9.17) is 4.74 Å². The predicted octanol–water partition coefficient (Wildman–Crippen LogP) is 3.02. The molecule has 0 aliphatic rings. The Morgan fingerprint density at radius 2 is 1.89 bits per heavy atom. The Labute approximate surface area is 109 Å². The molecule has 0 amide bonds. The van der Waals surface area contributed by atoms with E-state index in [-0.39, 0.29) is 6.42 Å². The van der Waals surface area contributed by atoms with Crippen LogP contribution in [0.4, 0.5) is 0 Å². The summed E-state index contributed by atoms with van der Waals surface area (Å²) in [4.78, 5) is 23.3. The summed E-state index contributed by atoms with van der Waals surface area (Å²) in [5.74, 6) is -2.76. The molecular weight excluding hydrogens is 232 g/mol. The molecule has 0 fully saturated rings. The van der Waals surface area contributed by atoms with E-state index in [1.54, 1.807) is 20.8 Å². The molecule has 1 N–H and O–H groups in total. The van der Waals surface area contributed by atoms with E-state index in [0.29, 0.717) is 6.42 Å². The Morgan fingerprint density at radius 3 is 2.22 bits per heavy atom. The van der Waals surface area contributed by atoms with Crippen molar-refractivity contribution in [2.75, 3.05) is 0 Å². The number of ether oxygens (including phenoxy) is 1. The van der Waals surface area contributed by atoms with Gasteiger partial charge in [-0.3, -0.25) is 9.59 Å². The lowest BCUT2D eigenvalue weighted by Gasteiger charge is -2.26. The number of allylic oxidation sites excluding steroid dienone is 1. The molecule has 0 radical (unpaired) electrons. The van der Waals surface area contributed by atoms with Crippen molar-refractivity contribution in [1.82, 2.24) is 0 Å². The Balaban J connectivity index is 4.96. The first-order valence-corrected chi connectivity index (χ1v) is 6.29. The number of hydrogen-bond acceptors (Lipinski definition) is 3. The summed E-state index contributed by atoms with van der Waals surface area (Å²) >= 11 is 0. The average Bonchev–Trinajstić information content (AvgIpc) is 2.20. The molecule has 4 nitrogen and oxygen atoms in total. The Morgan fingerprint density at radius 1 is 1.33 bits per heavy atom. The van der Waals surface area contributed by atoms with Crippen molar-refractivity contribution in [3.8, 4) is 0 Å². The highest BCUT2D eigenvalue weighted by Gasteiger charge is 2.35. The van der Waals surface area contributed by atoms with Gasteiger partial charge in [0, 0.05) is 0 Å². The molecule has 4 heteroatoms. The maximum absolute atomic E-state index is 12.0. The molecule has 0 aliphatic heterocycles. The molecule has 104 valence electrons. The van der Waals surface area contributed by atoms with Crippen LogP contribution in [0.1, 0.15) is 47.0 Å². The molecule has 0 aromatic rings. The summed E-state index contributed by atoms with van der Waals surface area (Å²) in [5, 5.41) is 9.19. The lowest BCUT2D eigenvalue weighted by atomic mass is 9.86. The molecule has 0 spiro atoms. The summed E-state index contributed by atoms with van der Waals surface area (Å²) in [6, 6.07) is 0. The van der Waals surface area contributed by atoms with Crippen molar-refractivity contribution in [1.29, 1.82) is 0 Å². The monoisotopic (exact) mass is 256 g/mol. The second kappa shape index (κ2) is 7.19. The van der Waals surface area contributed by atoms with E-state index in [2.05, 4.69) is 6.58 Å². The second-order valence-electron chi connectivity index (χ2n) is 5.40. The summed E-state index contributed by atoms with van der Waals surface area (Å²) in [6.45, 7) is 10.8. The van der Waals surface area contributed by atoms with E-state index in [0.717, 1.165) is 6.42 Å². The average molecular weight is 256 g/mol. The number of carbonyl (C=O) groups is 2. The first-order chi connectivity index (χ1) is 8.22. The number of rotatable bonds is 7. The van der Waals surface area contributed by atoms with Crippen molar-refractivity contribution in [3.05, 3.63) is 12.7 Å². The van der Waals surface area contributed by atoms with Gasteiger partial charge in [-0.05, 0) is 33.6 Å². The molecule has 0 heterocycles. The van der Waals surface area contributed by atoms with Crippen LogP contribution < -0.4 is 0 Å². The van der Waals surface area contributed by atoms with Gasteiger partial charge in [0.1, 0.15) is 5.60 Å². The molecular formula is C14H24O4. The lowest BCUT2D eigenvalue weighted by molar-refractivity contribution is -0.166. The number of esters is 1. The van der Waals surface area contributed by atoms with Gasteiger partial charge in [-0.15, -0.1) is 6.58 Å². The molecule has 0 saturated carbocycles. The molecule has 0 aromatic heterocycles. The van der Waals surface area contributed by atoms with Gasteiger partial charge in [0.05, 0.1) is 11.8 Å². The Bertz CT molecular complexity index is 301. The van der Waals surface area contributed by atoms with Gasteiger partial charge in [-0.25, -0.2) is 0 Å². The first-order valence-electron chi connectivity index (χ1n) is 6.29. The van der Waals surface area contributed by atoms with Gasteiger partial charge < -0.3 is 9.84 Å².